The lowest BCUT2D eigenvalue weighted by Gasteiger charge is -2.54. The molecule has 4 heteroatoms. The molecule has 0 amide bonds. The first-order chi connectivity index (χ1) is 9.54. The van der Waals surface area contributed by atoms with Gasteiger partial charge in [0.15, 0.2) is 0 Å². The first-order valence-corrected chi connectivity index (χ1v) is 8.17. The third kappa shape index (κ3) is 1.63. The predicted octanol–water partition coefficient (Wildman–Crippen LogP) is 2.84. The number of aromatic nitrogens is 2. The fraction of sp³-hybridized carbons (Fsp3) is 0.812. The molecule has 0 atom stereocenters. The highest BCUT2D eigenvalue weighted by atomic mass is 15.4. The molecule has 5 rings (SSSR count). The van der Waals surface area contributed by atoms with E-state index in [0.29, 0.717) is 17.7 Å². The summed E-state index contributed by atoms with van der Waals surface area (Å²) in [7, 11) is 0. The topological polar surface area (TPSA) is 69.9 Å². The predicted molar refractivity (Wildman–Crippen MR) is 80.7 cm³/mol. The molecule has 4 nitrogen and oxygen atoms in total. The van der Waals surface area contributed by atoms with Crippen molar-refractivity contribution in [3.63, 3.8) is 0 Å². The van der Waals surface area contributed by atoms with E-state index in [-0.39, 0.29) is 0 Å². The van der Waals surface area contributed by atoms with E-state index in [0.717, 1.165) is 35.2 Å². The molecule has 4 bridgehead atoms. The van der Waals surface area contributed by atoms with Gasteiger partial charge in [0.2, 0.25) is 0 Å². The van der Waals surface area contributed by atoms with E-state index in [4.69, 9.17) is 16.6 Å². The van der Waals surface area contributed by atoms with Crippen LogP contribution in [0.1, 0.15) is 69.3 Å². The fourth-order valence-corrected chi connectivity index (χ4v) is 5.49. The molecule has 4 aliphatic rings. The van der Waals surface area contributed by atoms with Crippen LogP contribution in [-0.2, 0) is 0 Å². The first-order valence-electron chi connectivity index (χ1n) is 8.17. The molecule has 0 aromatic carbocycles. The van der Waals surface area contributed by atoms with E-state index in [2.05, 4.69) is 13.8 Å². The van der Waals surface area contributed by atoms with Gasteiger partial charge in [-0.2, -0.15) is 0 Å². The minimum Gasteiger partial charge on any atom is -0.382 e. The number of nitrogen functional groups attached to an aromatic ring is 2. The molecular formula is C16H26N4. The summed E-state index contributed by atoms with van der Waals surface area (Å²) in [5, 5.41) is 0. The Labute approximate surface area is 120 Å². The molecule has 4 fully saturated rings. The molecule has 110 valence electrons. The number of nitrogens with zero attached hydrogens (tertiary/aromatic N) is 2. The Morgan fingerprint density at radius 2 is 1.60 bits per heavy atom. The molecule has 1 heterocycles. The van der Waals surface area contributed by atoms with E-state index >= 15 is 0 Å². The number of hydrogen-bond acceptors (Lipinski definition) is 3. The van der Waals surface area contributed by atoms with Gasteiger partial charge in [0, 0.05) is 5.92 Å². The Hall–Kier alpha value is -1.19. The quantitative estimate of drug-likeness (QED) is 0.815. The van der Waals surface area contributed by atoms with Gasteiger partial charge in [-0.15, -0.1) is 0 Å². The van der Waals surface area contributed by atoms with Gasteiger partial charge in [-0.05, 0) is 61.7 Å². The Morgan fingerprint density at radius 3 is 2.05 bits per heavy atom. The Balaban J connectivity index is 1.73. The van der Waals surface area contributed by atoms with Gasteiger partial charge in [-0.3, -0.25) is 0 Å². The van der Waals surface area contributed by atoms with Crippen molar-refractivity contribution >= 4 is 5.82 Å². The largest absolute Gasteiger partial charge is 0.382 e. The smallest absolute Gasteiger partial charge is 0.146 e. The van der Waals surface area contributed by atoms with E-state index in [9.17, 15) is 0 Å². The van der Waals surface area contributed by atoms with Crippen LogP contribution in [0.5, 0.6) is 0 Å². The monoisotopic (exact) mass is 274 g/mol. The summed E-state index contributed by atoms with van der Waals surface area (Å²) in [5.74, 6) is 12.5. The average Bonchev–Trinajstić information content (AvgIpc) is 2.66. The molecule has 4 N–H and O–H groups in total. The van der Waals surface area contributed by atoms with Crippen molar-refractivity contribution < 1.29 is 0 Å². The van der Waals surface area contributed by atoms with Gasteiger partial charge < -0.3 is 11.6 Å². The maximum absolute atomic E-state index is 6.25. The highest BCUT2D eigenvalue weighted by molar-refractivity contribution is 5.41. The number of imidazole rings is 1. The van der Waals surface area contributed by atoms with Crippen molar-refractivity contribution in [1.82, 2.24) is 9.66 Å². The van der Waals surface area contributed by atoms with Crippen molar-refractivity contribution in [3.8, 4) is 0 Å². The second kappa shape index (κ2) is 4.15. The van der Waals surface area contributed by atoms with Gasteiger partial charge >= 0.3 is 0 Å². The highest BCUT2D eigenvalue weighted by Gasteiger charge is 2.50. The summed E-state index contributed by atoms with van der Waals surface area (Å²) < 4.78 is 1.70. The van der Waals surface area contributed by atoms with Crippen molar-refractivity contribution in [3.05, 3.63) is 11.5 Å². The molecule has 4 aliphatic carbocycles. The van der Waals surface area contributed by atoms with Crippen molar-refractivity contribution in [2.75, 3.05) is 11.6 Å². The van der Waals surface area contributed by atoms with Gasteiger partial charge in [-0.1, -0.05) is 13.8 Å². The second-order valence-electron chi connectivity index (χ2n) is 7.72. The molecule has 20 heavy (non-hydrogen) atoms. The van der Waals surface area contributed by atoms with Crippen LogP contribution in [-0.4, -0.2) is 9.66 Å². The first kappa shape index (κ1) is 12.5. The van der Waals surface area contributed by atoms with Crippen LogP contribution < -0.4 is 11.6 Å². The molecular weight excluding hydrogens is 248 g/mol. The molecule has 4 saturated carbocycles. The summed E-state index contributed by atoms with van der Waals surface area (Å²) in [6, 6.07) is 0. The minimum atomic E-state index is 0.343. The van der Waals surface area contributed by atoms with Crippen LogP contribution >= 0.6 is 0 Å². The summed E-state index contributed by atoms with van der Waals surface area (Å²) >= 11 is 0. The molecule has 0 radical (unpaired) electrons. The zero-order valence-corrected chi connectivity index (χ0v) is 12.5. The van der Waals surface area contributed by atoms with E-state index in [1.165, 1.54) is 32.1 Å². The van der Waals surface area contributed by atoms with Crippen molar-refractivity contribution in [2.24, 2.45) is 23.7 Å². The summed E-state index contributed by atoms with van der Waals surface area (Å²) in [4.78, 5) is 4.87. The molecule has 0 aliphatic heterocycles. The maximum Gasteiger partial charge on any atom is 0.146 e. The third-order valence-electron chi connectivity index (χ3n) is 6.08. The Morgan fingerprint density at radius 1 is 1.05 bits per heavy atom. The van der Waals surface area contributed by atoms with Crippen molar-refractivity contribution in [2.45, 2.75) is 57.8 Å². The molecule has 0 unspecified atom stereocenters. The van der Waals surface area contributed by atoms with Crippen LogP contribution in [0.15, 0.2) is 0 Å². The number of hydrogen-bond donors (Lipinski definition) is 2. The van der Waals surface area contributed by atoms with Gasteiger partial charge in [0.05, 0.1) is 5.69 Å². The highest BCUT2D eigenvalue weighted by Crippen LogP contribution is 2.59. The minimum absolute atomic E-state index is 0.343. The summed E-state index contributed by atoms with van der Waals surface area (Å²) in [6.45, 7) is 4.28. The maximum atomic E-state index is 6.25. The van der Waals surface area contributed by atoms with E-state index in [1.54, 1.807) is 4.68 Å². The summed E-state index contributed by atoms with van der Waals surface area (Å²) in [6.07, 6.45) is 7.04. The summed E-state index contributed by atoms with van der Waals surface area (Å²) in [5.41, 5.74) is 7.16. The zero-order chi connectivity index (χ0) is 14.0. The lowest BCUT2D eigenvalue weighted by molar-refractivity contribution is -0.00626. The normalized spacial score (nSPS) is 38.9. The lowest BCUT2D eigenvalue weighted by atomic mass is 9.51. The fourth-order valence-electron chi connectivity index (χ4n) is 5.49. The number of nitrogens with two attached hydrogens (primary N) is 2. The standard InChI is InChI=1S/C16H26N4/c1-8(2)14-15(17)20(18)16(19-14)13-11-4-9-3-10(6-11)7-12(13)5-9/h8-13H,3-7,17-18H2,1-2H3. The lowest BCUT2D eigenvalue weighted by Crippen LogP contribution is -2.45. The molecule has 0 spiro atoms. The van der Waals surface area contributed by atoms with Crippen LogP contribution in [0.25, 0.3) is 0 Å². The molecule has 1 aromatic rings. The molecule has 1 aromatic heterocycles. The Kier molecular flexibility index (Phi) is 2.60. The average molecular weight is 274 g/mol. The van der Waals surface area contributed by atoms with Gasteiger partial charge in [0.25, 0.3) is 0 Å². The second-order valence-corrected chi connectivity index (χ2v) is 7.72. The van der Waals surface area contributed by atoms with Crippen LogP contribution in [0.3, 0.4) is 0 Å². The van der Waals surface area contributed by atoms with Crippen LogP contribution in [0, 0.1) is 23.7 Å². The number of rotatable bonds is 2. The SMILES string of the molecule is CC(C)c1nc(C2C3CC4CC(C3)CC2C4)n(N)c1N. The van der Waals surface area contributed by atoms with E-state index in [1.807, 2.05) is 0 Å². The van der Waals surface area contributed by atoms with E-state index < -0.39 is 0 Å². The van der Waals surface area contributed by atoms with Gasteiger partial charge in [-0.25, -0.2) is 9.66 Å². The molecule has 0 saturated heterocycles. The number of anilines is 1. The van der Waals surface area contributed by atoms with Crippen LogP contribution in [0.4, 0.5) is 5.82 Å². The van der Waals surface area contributed by atoms with Gasteiger partial charge in [0.1, 0.15) is 11.6 Å². The zero-order valence-electron chi connectivity index (χ0n) is 12.5. The van der Waals surface area contributed by atoms with Crippen LogP contribution in [0.2, 0.25) is 0 Å². The Bertz CT molecular complexity index is 503. The van der Waals surface area contributed by atoms with Crippen molar-refractivity contribution in [1.29, 1.82) is 0 Å². The third-order valence-corrected chi connectivity index (χ3v) is 6.08.